The topological polar surface area (TPSA) is 101 Å². The molecule has 0 saturated carbocycles. The predicted molar refractivity (Wildman–Crippen MR) is 86.5 cm³/mol. The van der Waals surface area contributed by atoms with Crippen LogP contribution in [0.5, 0.6) is 5.75 Å². The second kappa shape index (κ2) is 7.31. The number of amides is 2. The highest BCUT2D eigenvalue weighted by Gasteiger charge is 2.17. The Bertz CT molecular complexity index is 698. The van der Waals surface area contributed by atoms with E-state index in [1.807, 2.05) is 4.57 Å². The summed E-state index contributed by atoms with van der Waals surface area (Å²) in [7, 11) is 1.59. The van der Waals surface area contributed by atoms with E-state index in [1.165, 1.54) is 0 Å². The fraction of sp³-hybridized carbons (Fsp3) is 0.438. The SMILES string of the molecule is COc1ccc([C@H](O)CNC(=O)NCc2nnc3n2CCC3)cc1. The number of urea groups is 1. The van der Waals surface area contributed by atoms with Crippen LogP contribution in [0, 0.1) is 0 Å². The number of hydrogen-bond acceptors (Lipinski definition) is 5. The molecule has 3 rings (SSSR count). The van der Waals surface area contributed by atoms with Crippen molar-refractivity contribution >= 4 is 6.03 Å². The van der Waals surface area contributed by atoms with Crippen molar-refractivity contribution in [2.75, 3.05) is 13.7 Å². The molecule has 1 aromatic heterocycles. The van der Waals surface area contributed by atoms with Gasteiger partial charge in [0.05, 0.1) is 19.8 Å². The minimum atomic E-state index is -0.779. The first-order chi connectivity index (χ1) is 11.7. The molecular weight excluding hydrogens is 310 g/mol. The molecule has 1 aromatic carbocycles. The molecule has 0 fully saturated rings. The highest BCUT2D eigenvalue weighted by atomic mass is 16.5. The molecular formula is C16H21N5O3. The molecule has 2 aromatic rings. The van der Waals surface area contributed by atoms with E-state index in [4.69, 9.17) is 4.74 Å². The van der Waals surface area contributed by atoms with Crippen LogP contribution in [0.3, 0.4) is 0 Å². The standard InChI is InChI=1S/C16H21N5O3/c1-24-12-6-4-11(5-7-12)13(22)9-17-16(23)18-10-15-20-19-14-3-2-8-21(14)15/h4-7,13,22H,2-3,8-10H2,1H3,(H2,17,18,23)/t13-/m1/s1. The maximum atomic E-state index is 11.9. The highest BCUT2D eigenvalue weighted by molar-refractivity contribution is 5.73. The smallest absolute Gasteiger partial charge is 0.315 e. The zero-order valence-corrected chi connectivity index (χ0v) is 13.5. The van der Waals surface area contributed by atoms with Crippen LogP contribution in [0.1, 0.15) is 29.7 Å². The van der Waals surface area contributed by atoms with Crippen LogP contribution in [0.4, 0.5) is 4.79 Å². The van der Waals surface area contributed by atoms with Crippen molar-refractivity contribution in [3.63, 3.8) is 0 Å². The first-order valence-electron chi connectivity index (χ1n) is 7.92. The monoisotopic (exact) mass is 331 g/mol. The molecule has 0 unspecified atom stereocenters. The van der Waals surface area contributed by atoms with Gasteiger partial charge in [-0.25, -0.2) is 4.79 Å². The average molecular weight is 331 g/mol. The third-order valence-electron chi connectivity index (χ3n) is 4.05. The van der Waals surface area contributed by atoms with Crippen molar-refractivity contribution < 1.29 is 14.6 Å². The second-order valence-electron chi connectivity index (χ2n) is 5.64. The molecule has 8 nitrogen and oxygen atoms in total. The molecule has 1 aliphatic rings. The minimum absolute atomic E-state index is 0.121. The number of ether oxygens (including phenoxy) is 1. The number of methoxy groups -OCH3 is 1. The fourth-order valence-corrected chi connectivity index (χ4v) is 2.70. The number of carbonyl (C=O) groups is 1. The summed E-state index contributed by atoms with van der Waals surface area (Å²) in [4.78, 5) is 11.9. The van der Waals surface area contributed by atoms with Gasteiger partial charge in [-0.05, 0) is 24.1 Å². The number of carbonyl (C=O) groups excluding carboxylic acids is 1. The highest BCUT2D eigenvalue weighted by Crippen LogP contribution is 2.17. The van der Waals surface area contributed by atoms with Crippen molar-refractivity contribution in [3.05, 3.63) is 41.5 Å². The van der Waals surface area contributed by atoms with Gasteiger partial charge in [-0.3, -0.25) is 0 Å². The Hall–Kier alpha value is -2.61. The van der Waals surface area contributed by atoms with E-state index in [-0.39, 0.29) is 12.6 Å². The van der Waals surface area contributed by atoms with Crippen molar-refractivity contribution in [1.29, 1.82) is 0 Å². The number of aromatic nitrogens is 3. The van der Waals surface area contributed by atoms with Gasteiger partial charge in [0, 0.05) is 19.5 Å². The van der Waals surface area contributed by atoms with Crippen LogP contribution >= 0.6 is 0 Å². The summed E-state index contributed by atoms with van der Waals surface area (Å²) in [6, 6.07) is 6.72. The van der Waals surface area contributed by atoms with E-state index in [0.29, 0.717) is 12.1 Å². The Morgan fingerprint density at radius 2 is 2.12 bits per heavy atom. The molecule has 2 amide bonds. The quantitative estimate of drug-likeness (QED) is 0.726. The fourth-order valence-electron chi connectivity index (χ4n) is 2.70. The molecule has 24 heavy (non-hydrogen) atoms. The second-order valence-corrected chi connectivity index (χ2v) is 5.64. The number of nitrogens with zero attached hydrogens (tertiary/aromatic N) is 3. The summed E-state index contributed by atoms with van der Waals surface area (Å²) < 4.78 is 7.11. The zero-order valence-electron chi connectivity index (χ0n) is 13.5. The Kier molecular flexibility index (Phi) is 4.95. The lowest BCUT2D eigenvalue weighted by molar-refractivity contribution is 0.173. The third kappa shape index (κ3) is 3.65. The molecule has 0 radical (unpaired) electrons. The molecule has 0 saturated heterocycles. The van der Waals surface area contributed by atoms with Gasteiger partial charge in [-0.15, -0.1) is 10.2 Å². The molecule has 8 heteroatoms. The maximum Gasteiger partial charge on any atom is 0.315 e. The maximum absolute atomic E-state index is 11.9. The van der Waals surface area contributed by atoms with Gasteiger partial charge < -0.3 is 25.0 Å². The first kappa shape index (κ1) is 16.3. The van der Waals surface area contributed by atoms with Gasteiger partial charge in [0.25, 0.3) is 0 Å². The summed E-state index contributed by atoms with van der Waals surface area (Å²) in [5.74, 6) is 2.45. The number of benzene rings is 1. The van der Waals surface area contributed by atoms with Crippen molar-refractivity contribution in [2.24, 2.45) is 0 Å². The van der Waals surface area contributed by atoms with Crippen LogP contribution in [0.15, 0.2) is 24.3 Å². The molecule has 2 heterocycles. The molecule has 0 bridgehead atoms. The van der Waals surface area contributed by atoms with Crippen LogP contribution in [-0.4, -0.2) is 39.6 Å². The van der Waals surface area contributed by atoms with Gasteiger partial charge in [-0.2, -0.15) is 0 Å². The van der Waals surface area contributed by atoms with Crippen LogP contribution in [-0.2, 0) is 19.5 Å². The summed E-state index contributed by atoms with van der Waals surface area (Å²) in [5.41, 5.74) is 0.714. The van der Waals surface area contributed by atoms with Crippen LogP contribution in [0.25, 0.3) is 0 Å². The Morgan fingerprint density at radius 3 is 2.88 bits per heavy atom. The molecule has 1 aliphatic heterocycles. The van der Waals surface area contributed by atoms with Crippen LogP contribution in [0.2, 0.25) is 0 Å². The molecule has 1 atom stereocenters. The Balaban J connectivity index is 1.44. The number of hydrogen-bond donors (Lipinski definition) is 3. The summed E-state index contributed by atoms with van der Waals surface area (Å²) in [6.45, 7) is 1.34. The van der Waals surface area contributed by atoms with E-state index < -0.39 is 6.10 Å². The minimum Gasteiger partial charge on any atom is -0.497 e. The number of aryl methyl sites for hydroxylation is 1. The summed E-state index contributed by atoms with van der Waals surface area (Å²) in [5, 5.41) is 23.7. The Labute approximate surface area is 139 Å². The molecule has 128 valence electrons. The first-order valence-corrected chi connectivity index (χ1v) is 7.92. The lowest BCUT2D eigenvalue weighted by atomic mass is 10.1. The van der Waals surface area contributed by atoms with Gasteiger partial charge in [0.2, 0.25) is 0 Å². The van der Waals surface area contributed by atoms with E-state index in [0.717, 1.165) is 36.8 Å². The normalized spacial score (nSPS) is 14.1. The van der Waals surface area contributed by atoms with E-state index >= 15 is 0 Å². The average Bonchev–Trinajstić information content (AvgIpc) is 3.22. The number of fused-ring (bicyclic) bond motifs is 1. The zero-order chi connectivity index (χ0) is 16.9. The number of rotatable bonds is 6. The Morgan fingerprint density at radius 1 is 1.33 bits per heavy atom. The third-order valence-corrected chi connectivity index (χ3v) is 4.05. The van der Waals surface area contributed by atoms with Crippen molar-refractivity contribution in [1.82, 2.24) is 25.4 Å². The van der Waals surface area contributed by atoms with E-state index in [9.17, 15) is 9.90 Å². The van der Waals surface area contributed by atoms with Crippen molar-refractivity contribution in [3.8, 4) is 5.75 Å². The molecule has 3 N–H and O–H groups in total. The van der Waals surface area contributed by atoms with Crippen molar-refractivity contribution in [2.45, 2.75) is 32.0 Å². The largest absolute Gasteiger partial charge is 0.497 e. The molecule has 0 spiro atoms. The summed E-state index contributed by atoms with van der Waals surface area (Å²) >= 11 is 0. The number of aliphatic hydroxyl groups is 1. The number of aliphatic hydroxyl groups excluding tert-OH is 1. The molecule has 0 aliphatic carbocycles. The summed E-state index contributed by atoms with van der Waals surface area (Å²) in [6.07, 6.45) is 1.23. The number of nitrogens with one attached hydrogen (secondary N) is 2. The van der Waals surface area contributed by atoms with Gasteiger partial charge in [0.1, 0.15) is 11.6 Å². The lowest BCUT2D eigenvalue weighted by Crippen LogP contribution is -2.37. The van der Waals surface area contributed by atoms with E-state index in [2.05, 4.69) is 20.8 Å². The van der Waals surface area contributed by atoms with Gasteiger partial charge in [0.15, 0.2) is 5.82 Å². The van der Waals surface area contributed by atoms with Crippen LogP contribution < -0.4 is 15.4 Å². The lowest BCUT2D eigenvalue weighted by Gasteiger charge is -2.13. The van der Waals surface area contributed by atoms with Gasteiger partial charge >= 0.3 is 6.03 Å². The predicted octanol–water partition coefficient (Wildman–Crippen LogP) is 0.766. The van der Waals surface area contributed by atoms with Gasteiger partial charge in [-0.1, -0.05) is 12.1 Å². The van der Waals surface area contributed by atoms with E-state index in [1.54, 1.807) is 31.4 Å².